The van der Waals surface area contributed by atoms with Crippen LogP contribution in [0.15, 0.2) is 4.52 Å². The molecule has 0 bridgehead atoms. The number of nitrogens with zero attached hydrogens (tertiary/aromatic N) is 3. The Kier molecular flexibility index (Phi) is 5.84. The minimum atomic E-state index is 0.0628. The number of carbonyl (C=O) groups excluding carboxylic acids is 1. The Balaban J connectivity index is 1.26. The lowest BCUT2D eigenvalue weighted by atomic mass is 9.94. The van der Waals surface area contributed by atoms with Crippen LogP contribution >= 0.6 is 0 Å². The first kappa shape index (κ1) is 17.9. The van der Waals surface area contributed by atoms with Gasteiger partial charge >= 0.3 is 0 Å². The maximum absolute atomic E-state index is 12.6. The molecule has 0 radical (unpaired) electrons. The van der Waals surface area contributed by atoms with Crippen LogP contribution in [0.25, 0.3) is 0 Å². The molecule has 7 nitrogen and oxygen atoms in total. The molecule has 1 saturated carbocycles. The summed E-state index contributed by atoms with van der Waals surface area (Å²) in [6.07, 6.45) is 8.97. The van der Waals surface area contributed by atoms with Gasteiger partial charge in [0.1, 0.15) is 0 Å². The van der Waals surface area contributed by atoms with Gasteiger partial charge in [-0.3, -0.25) is 9.69 Å². The summed E-state index contributed by atoms with van der Waals surface area (Å²) in [6, 6.07) is 0.575. The zero-order valence-electron chi connectivity index (χ0n) is 15.5. The number of ether oxygens (including phenoxy) is 1. The summed E-state index contributed by atoms with van der Waals surface area (Å²) in [5.74, 6) is 1.94. The monoisotopic (exact) mass is 362 g/mol. The molecule has 2 saturated heterocycles. The third kappa shape index (κ3) is 4.26. The van der Waals surface area contributed by atoms with E-state index >= 15 is 0 Å². The zero-order valence-corrected chi connectivity index (χ0v) is 15.5. The smallest absolute Gasteiger partial charge is 0.229 e. The number of amides is 1. The fourth-order valence-corrected chi connectivity index (χ4v) is 4.59. The van der Waals surface area contributed by atoms with Crippen molar-refractivity contribution in [2.45, 2.75) is 69.9 Å². The highest BCUT2D eigenvalue weighted by molar-refractivity contribution is 5.78. The molecule has 0 spiro atoms. The first-order chi connectivity index (χ1) is 12.8. The van der Waals surface area contributed by atoms with Crippen LogP contribution in [0.5, 0.6) is 0 Å². The van der Waals surface area contributed by atoms with Crippen molar-refractivity contribution in [1.29, 1.82) is 0 Å². The minimum absolute atomic E-state index is 0.0628. The van der Waals surface area contributed by atoms with Crippen LogP contribution in [0.2, 0.25) is 0 Å². The van der Waals surface area contributed by atoms with Crippen LogP contribution in [0, 0.1) is 5.92 Å². The molecule has 4 rings (SSSR count). The summed E-state index contributed by atoms with van der Waals surface area (Å²) < 4.78 is 10.9. The molecule has 1 amide bonds. The van der Waals surface area contributed by atoms with E-state index in [1.807, 2.05) is 0 Å². The second kappa shape index (κ2) is 8.48. The van der Waals surface area contributed by atoms with Crippen molar-refractivity contribution in [2.75, 3.05) is 26.3 Å². The predicted molar refractivity (Wildman–Crippen MR) is 95.5 cm³/mol. The average Bonchev–Trinajstić information content (AvgIpc) is 3.38. The van der Waals surface area contributed by atoms with Gasteiger partial charge < -0.3 is 14.6 Å². The van der Waals surface area contributed by atoms with Gasteiger partial charge in [0, 0.05) is 31.7 Å². The normalized spacial score (nSPS) is 26.2. The van der Waals surface area contributed by atoms with Crippen LogP contribution in [0.4, 0.5) is 0 Å². The van der Waals surface area contributed by atoms with E-state index in [0.29, 0.717) is 24.3 Å². The van der Waals surface area contributed by atoms with E-state index in [1.165, 1.54) is 12.8 Å². The molecule has 1 aromatic rings. The fourth-order valence-electron chi connectivity index (χ4n) is 4.59. The van der Waals surface area contributed by atoms with Crippen molar-refractivity contribution in [3.8, 4) is 0 Å². The van der Waals surface area contributed by atoms with Gasteiger partial charge in [-0.1, -0.05) is 18.0 Å². The van der Waals surface area contributed by atoms with Gasteiger partial charge in [-0.2, -0.15) is 4.98 Å². The molecule has 3 fully saturated rings. The van der Waals surface area contributed by atoms with Crippen molar-refractivity contribution in [3.63, 3.8) is 0 Å². The van der Waals surface area contributed by atoms with Gasteiger partial charge in [0.25, 0.3) is 0 Å². The quantitative estimate of drug-likeness (QED) is 0.865. The van der Waals surface area contributed by atoms with Gasteiger partial charge in [0.2, 0.25) is 11.8 Å². The Morgan fingerprint density at radius 2 is 1.92 bits per heavy atom. The molecule has 0 aromatic carbocycles. The van der Waals surface area contributed by atoms with Crippen molar-refractivity contribution < 1.29 is 14.1 Å². The maximum atomic E-state index is 12.6. The number of aromatic nitrogens is 2. The van der Waals surface area contributed by atoms with E-state index in [1.54, 1.807) is 0 Å². The standard InChI is InChI=1S/C19H30N4O3/c24-18(15-6-3-9-23(13-15)16-7-10-25-11-8-16)20-12-17-21-19(26-22-17)14-4-1-2-5-14/h14-16H,1-13H2,(H,20,24). The highest BCUT2D eigenvalue weighted by atomic mass is 16.5. The van der Waals surface area contributed by atoms with E-state index in [0.717, 1.165) is 70.7 Å². The van der Waals surface area contributed by atoms with Crippen molar-refractivity contribution in [1.82, 2.24) is 20.4 Å². The molecular formula is C19H30N4O3. The first-order valence-electron chi connectivity index (χ1n) is 10.2. The lowest BCUT2D eigenvalue weighted by Gasteiger charge is -2.39. The van der Waals surface area contributed by atoms with Gasteiger partial charge in [0.05, 0.1) is 12.5 Å². The summed E-state index contributed by atoms with van der Waals surface area (Å²) >= 11 is 0. The lowest BCUT2D eigenvalue weighted by molar-refractivity contribution is -0.127. The largest absolute Gasteiger partial charge is 0.381 e. The predicted octanol–water partition coefficient (Wildman–Crippen LogP) is 2.23. The van der Waals surface area contributed by atoms with Crippen LogP contribution in [-0.2, 0) is 16.1 Å². The summed E-state index contributed by atoms with van der Waals surface area (Å²) in [6.45, 7) is 4.02. The molecule has 144 valence electrons. The topological polar surface area (TPSA) is 80.5 Å². The van der Waals surface area contributed by atoms with Crippen LogP contribution < -0.4 is 5.32 Å². The second-order valence-electron chi connectivity index (χ2n) is 7.93. The Bertz CT molecular complexity index is 593. The lowest BCUT2D eigenvalue weighted by Crippen LogP contribution is -2.48. The van der Waals surface area contributed by atoms with Gasteiger partial charge in [-0.05, 0) is 45.1 Å². The molecule has 1 aromatic heterocycles. The van der Waals surface area contributed by atoms with Gasteiger partial charge in [-0.25, -0.2) is 0 Å². The van der Waals surface area contributed by atoms with Gasteiger partial charge in [-0.15, -0.1) is 0 Å². The number of hydrogen-bond donors (Lipinski definition) is 1. The van der Waals surface area contributed by atoms with E-state index in [9.17, 15) is 4.79 Å². The molecule has 1 N–H and O–H groups in total. The fraction of sp³-hybridized carbons (Fsp3) is 0.842. The van der Waals surface area contributed by atoms with E-state index in [-0.39, 0.29) is 11.8 Å². The number of carbonyl (C=O) groups is 1. The molecular weight excluding hydrogens is 332 g/mol. The van der Waals surface area contributed by atoms with Crippen molar-refractivity contribution >= 4 is 5.91 Å². The van der Waals surface area contributed by atoms with E-state index < -0.39 is 0 Å². The number of nitrogens with one attached hydrogen (secondary N) is 1. The molecule has 2 aliphatic heterocycles. The van der Waals surface area contributed by atoms with Crippen LogP contribution in [-0.4, -0.2) is 53.3 Å². The highest BCUT2D eigenvalue weighted by Crippen LogP contribution is 2.32. The number of hydrogen-bond acceptors (Lipinski definition) is 6. The summed E-state index contributed by atoms with van der Waals surface area (Å²) in [4.78, 5) is 19.6. The molecule has 7 heteroatoms. The van der Waals surface area contributed by atoms with Crippen molar-refractivity contribution in [3.05, 3.63) is 11.7 Å². The molecule has 1 unspecified atom stereocenters. The molecule has 1 atom stereocenters. The first-order valence-corrected chi connectivity index (χ1v) is 10.2. The zero-order chi connectivity index (χ0) is 17.8. The summed E-state index contributed by atoms with van der Waals surface area (Å²) in [5.41, 5.74) is 0. The summed E-state index contributed by atoms with van der Waals surface area (Å²) in [5, 5.41) is 7.06. The molecule has 1 aliphatic carbocycles. The number of rotatable bonds is 5. The molecule has 3 heterocycles. The van der Waals surface area contributed by atoms with Gasteiger partial charge in [0.15, 0.2) is 5.82 Å². The number of likely N-dealkylation sites (tertiary alicyclic amines) is 1. The van der Waals surface area contributed by atoms with E-state index in [4.69, 9.17) is 9.26 Å². The SMILES string of the molecule is O=C(NCc1noc(C2CCCC2)n1)C1CCCN(C2CCOCC2)C1. The Hall–Kier alpha value is -1.47. The number of piperidine rings is 1. The third-order valence-corrected chi connectivity index (χ3v) is 6.14. The van der Waals surface area contributed by atoms with Crippen molar-refractivity contribution in [2.24, 2.45) is 5.92 Å². The Morgan fingerprint density at radius 3 is 2.73 bits per heavy atom. The third-order valence-electron chi connectivity index (χ3n) is 6.14. The van der Waals surface area contributed by atoms with Crippen LogP contribution in [0.1, 0.15) is 69.0 Å². The maximum Gasteiger partial charge on any atom is 0.229 e. The minimum Gasteiger partial charge on any atom is -0.381 e. The second-order valence-corrected chi connectivity index (χ2v) is 7.93. The molecule has 3 aliphatic rings. The average molecular weight is 362 g/mol. The Labute approximate surface area is 154 Å². The highest BCUT2D eigenvalue weighted by Gasteiger charge is 2.30. The Morgan fingerprint density at radius 1 is 1.12 bits per heavy atom. The van der Waals surface area contributed by atoms with E-state index in [2.05, 4.69) is 20.4 Å². The summed E-state index contributed by atoms with van der Waals surface area (Å²) in [7, 11) is 0. The molecule has 26 heavy (non-hydrogen) atoms. The van der Waals surface area contributed by atoms with Crippen LogP contribution in [0.3, 0.4) is 0 Å².